The van der Waals surface area contributed by atoms with E-state index in [1.54, 1.807) is 0 Å². The molecule has 0 spiro atoms. The summed E-state index contributed by atoms with van der Waals surface area (Å²) in [5.74, 6) is 1.59. The molecule has 2 nitrogen and oxygen atoms in total. The van der Waals surface area contributed by atoms with Crippen LogP contribution in [-0.2, 0) is 4.79 Å². The maximum absolute atomic E-state index is 11.9. The Bertz CT molecular complexity index is 421. The molecule has 1 amide bonds. The highest BCUT2D eigenvalue weighted by molar-refractivity contribution is 5.81. The molecule has 0 bridgehead atoms. The summed E-state index contributed by atoms with van der Waals surface area (Å²) in [6.07, 6.45) is 1.05. The summed E-state index contributed by atoms with van der Waals surface area (Å²) in [5.41, 5.74) is 2.52. The van der Waals surface area contributed by atoms with E-state index in [9.17, 15) is 4.79 Å². The molecule has 0 heterocycles. The van der Waals surface area contributed by atoms with Gasteiger partial charge in [0.15, 0.2) is 0 Å². The van der Waals surface area contributed by atoms with Crippen LogP contribution in [0.25, 0.3) is 0 Å². The first-order valence-corrected chi connectivity index (χ1v) is 6.89. The van der Waals surface area contributed by atoms with E-state index in [-0.39, 0.29) is 17.9 Å². The van der Waals surface area contributed by atoms with Gasteiger partial charge in [-0.25, -0.2) is 0 Å². The van der Waals surface area contributed by atoms with Crippen molar-refractivity contribution in [3.8, 4) is 0 Å². The number of rotatable bonds is 4. The van der Waals surface area contributed by atoms with Crippen LogP contribution >= 0.6 is 0 Å². The van der Waals surface area contributed by atoms with Crippen LogP contribution in [0.15, 0.2) is 24.3 Å². The molecule has 1 N–H and O–H groups in total. The molecule has 0 radical (unpaired) electrons. The van der Waals surface area contributed by atoms with E-state index in [1.165, 1.54) is 11.1 Å². The highest BCUT2D eigenvalue weighted by Crippen LogP contribution is 2.38. The molecule has 3 atom stereocenters. The Kier molecular flexibility index (Phi) is 3.74. The molecule has 1 saturated carbocycles. The van der Waals surface area contributed by atoms with Gasteiger partial charge in [-0.15, -0.1) is 0 Å². The summed E-state index contributed by atoms with van der Waals surface area (Å²) >= 11 is 0. The number of nitrogens with one attached hydrogen (secondary N) is 1. The van der Waals surface area contributed by atoms with Crippen LogP contribution in [0, 0.1) is 11.8 Å². The van der Waals surface area contributed by atoms with Gasteiger partial charge in [0.25, 0.3) is 0 Å². The van der Waals surface area contributed by atoms with Gasteiger partial charge >= 0.3 is 0 Å². The molecular formula is C16H23NO. The van der Waals surface area contributed by atoms with Crippen molar-refractivity contribution in [1.29, 1.82) is 0 Å². The zero-order valence-corrected chi connectivity index (χ0v) is 11.7. The first-order chi connectivity index (χ1) is 8.49. The van der Waals surface area contributed by atoms with Crippen LogP contribution in [0.1, 0.15) is 57.2 Å². The number of carbonyl (C=O) groups is 1. The van der Waals surface area contributed by atoms with Gasteiger partial charge in [0, 0.05) is 5.92 Å². The van der Waals surface area contributed by atoms with Crippen LogP contribution in [-0.4, -0.2) is 5.91 Å². The monoisotopic (exact) mass is 245 g/mol. The molecule has 1 aromatic rings. The second-order valence-electron chi connectivity index (χ2n) is 5.87. The molecule has 1 fully saturated rings. The van der Waals surface area contributed by atoms with E-state index >= 15 is 0 Å². The number of benzene rings is 1. The highest BCUT2D eigenvalue weighted by atomic mass is 16.2. The molecule has 1 aliphatic rings. The molecule has 98 valence electrons. The van der Waals surface area contributed by atoms with Crippen molar-refractivity contribution in [3.05, 3.63) is 35.4 Å². The summed E-state index contributed by atoms with van der Waals surface area (Å²) in [7, 11) is 0. The zero-order chi connectivity index (χ0) is 13.3. The summed E-state index contributed by atoms with van der Waals surface area (Å²) < 4.78 is 0. The van der Waals surface area contributed by atoms with E-state index in [0.717, 1.165) is 6.42 Å². The van der Waals surface area contributed by atoms with Crippen molar-refractivity contribution in [2.75, 3.05) is 0 Å². The molecule has 2 heteroatoms. The number of hydrogen-bond acceptors (Lipinski definition) is 1. The first-order valence-electron chi connectivity index (χ1n) is 6.89. The Balaban J connectivity index is 1.96. The van der Waals surface area contributed by atoms with Crippen molar-refractivity contribution in [2.45, 2.75) is 46.1 Å². The van der Waals surface area contributed by atoms with Crippen LogP contribution in [0.3, 0.4) is 0 Å². The fourth-order valence-corrected chi connectivity index (χ4v) is 2.26. The predicted molar refractivity (Wildman–Crippen MR) is 74.4 cm³/mol. The number of hydrogen-bond donors (Lipinski definition) is 1. The quantitative estimate of drug-likeness (QED) is 0.862. The maximum atomic E-state index is 11.9. The van der Waals surface area contributed by atoms with E-state index in [1.807, 2.05) is 0 Å². The van der Waals surface area contributed by atoms with E-state index in [2.05, 4.69) is 57.3 Å². The molecule has 0 aliphatic heterocycles. The molecule has 18 heavy (non-hydrogen) atoms. The minimum absolute atomic E-state index is 0.103. The number of amides is 1. The van der Waals surface area contributed by atoms with Gasteiger partial charge in [-0.1, -0.05) is 45.0 Å². The predicted octanol–water partition coefficient (Wildman–Crippen LogP) is 3.64. The van der Waals surface area contributed by atoms with Crippen molar-refractivity contribution >= 4 is 5.91 Å². The Morgan fingerprint density at radius 3 is 2.11 bits per heavy atom. The summed E-state index contributed by atoms with van der Waals surface area (Å²) in [4.78, 5) is 11.9. The second-order valence-corrected chi connectivity index (χ2v) is 5.87. The van der Waals surface area contributed by atoms with Crippen LogP contribution < -0.4 is 5.32 Å². The van der Waals surface area contributed by atoms with Crippen LogP contribution in [0.5, 0.6) is 0 Å². The van der Waals surface area contributed by atoms with Gasteiger partial charge in [0.05, 0.1) is 6.04 Å². The lowest BCUT2D eigenvalue weighted by Gasteiger charge is -2.15. The van der Waals surface area contributed by atoms with Crippen molar-refractivity contribution in [1.82, 2.24) is 5.32 Å². The average Bonchev–Trinajstić information content (AvgIpc) is 3.06. The molecule has 2 rings (SSSR count). The largest absolute Gasteiger partial charge is 0.349 e. The van der Waals surface area contributed by atoms with E-state index in [4.69, 9.17) is 0 Å². The van der Waals surface area contributed by atoms with Gasteiger partial charge in [-0.3, -0.25) is 4.79 Å². The Hall–Kier alpha value is -1.31. The van der Waals surface area contributed by atoms with Gasteiger partial charge in [0.2, 0.25) is 5.91 Å². The standard InChI is InChI=1S/C16H23NO/c1-10(2)13-5-7-14(8-6-13)12(4)17-16(18)15-9-11(15)3/h5-8,10-12,15H,9H2,1-4H3,(H,17,18)/t11-,12+,15-/m0/s1. The lowest BCUT2D eigenvalue weighted by Crippen LogP contribution is -2.28. The molecular weight excluding hydrogens is 222 g/mol. The summed E-state index contributed by atoms with van der Waals surface area (Å²) in [5, 5.41) is 3.10. The fourth-order valence-electron chi connectivity index (χ4n) is 2.26. The van der Waals surface area contributed by atoms with Gasteiger partial charge in [0.1, 0.15) is 0 Å². The first kappa shape index (κ1) is 13.1. The van der Waals surface area contributed by atoms with Gasteiger partial charge < -0.3 is 5.32 Å². The van der Waals surface area contributed by atoms with E-state index in [0.29, 0.717) is 11.8 Å². The third-order valence-corrected chi connectivity index (χ3v) is 3.91. The Labute approximate surface area is 110 Å². The second kappa shape index (κ2) is 5.13. The lowest BCUT2D eigenvalue weighted by atomic mass is 9.99. The Morgan fingerprint density at radius 2 is 1.67 bits per heavy atom. The summed E-state index contributed by atoms with van der Waals surface area (Å²) in [6, 6.07) is 8.66. The maximum Gasteiger partial charge on any atom is 0.223 e. The van der Waals surface area contributed by atoms with Crippen molar-refractivity contribution < 1.29 is 4.79 Å². The van der Waals surface area contributed by atoms with Gasteiger partial charge in [-0.2, -0.15) is 0 Å². The normalized spacial score (nSPS) is 23.8. The van der Waals surface area contributed by atoms with E-state index < -0.39 is 0 Å². The summed E-state index contributed by atoms with van der Waals surface area (Å²) in [6.45, 7) is 8.56. The lowest BCUT2D eigenvalue weighted by molar-refractivity contribution is -0.123. The number of carbonyl (C=O) groups excluding carboxylic acids is 1. The molecule has 0 saturated heterocycles. The van der Waals surface area contributed by atoms with Crippen molar-refractivity contribution in [2.24, 2.45) is 11.8 Å². The average molecular weight is 245 g/mol. The van der Waals surface area contributed by atoms with Crippen LogP contribution in [0.4, 0.5) is 0 Å². The molecule has 0 aromatic heterocycles. The van der Waals surface area contributed by atoms with Crippen LogP contribution in [0.2, 0.25) is 0 Å². The third-order valence-electron chi connectivity index (χ3n) is 3.91. The minimum atomic E-state index is 0.103. The highest BCUT2D eigenvalue weighted by Gasteiger charge is 2.39. The zero-order valence-electron chi connectivity index (χ0n) is 11.7. The minimum Gasteiger partial charge on any atom is -0.349 e. The smallest absolute Gasteiger partial charge is 0.223 e. The molecule has 1 aromatic carbocycles. The molecule has 1 aliphatic carbocycles. The van der Waals surface area contributed by atoms with Crippen molar-refractivity contribution in [3.63, 3.8) is 0 Å². The topological polar surface area (TPSA) is 29.1 Å². The SMILES string of the molecule is CC(C)c1ccc([C@@H](C)NC(=O)[C@H]2C[C@@H]2C)cc1. The third kappa shape index (κ3) is 2.92. The molecule has 0 unspecified atom stereocenters. The Morgan fingerprint density at radius 1 is 1.17 bits per heavy atom. The van der Waals surface area contributed by atoms with Gasteiger partial charge in [-0.05, 0) is 36.3 Å². The fraction of sp³-hybridized carbons (Fsp3) is 0.562.